The van der Waals surface area contributed by atoms with E-state index in [1.165, 1.54) is 23.5 Å². The Kier molecular flexibility index (Phi) is 7.26. The lowest BCUT2D eigenvalue weighted by Crippen LogP contribution is -2.22. The predicted molar refractivity (Wildman–Crippen MR) is 110 cm³/mol. The summed E-state index contributed by atoms with van der Waals surface area (Å²) in [7, 11) is 0. The standard InChI is InChI=1S/C20H18ClFN4O2S/c21-14-5-2-7-16(11-14)24-19(28)20-26-25-18(29-20)9-3-8-17(27)23-12-13-4-1-6-15(22)10-13/h1-2,4-7,10-11H,3,8-9,12H2,(H,23,27)(H,24,28). The van der Waals surface area contributed by atoms with Crippen LogP contribution in [0.25, 0.3) is 0 Å². The summed E-state index contributed by atoms with van der Waals surface area (Å²) in [5, 5.41) is 14.8. The van der Waals surface area contributed by atoms with Crippen molar-refractivity contribution in [3.05, 3.63) is 74.9 Å². The van der Waals surface area contributed by atoms with Crippen molar-refractivity contribution in [1.82, 2.24) is 15.5 Å². The fourth-order valence-corrected chi connectivity index (χ4v) is 3.50. The molecule has 0 bridgehead atoms. The van der Waals surface area contributed by atoms with Gasteiger partial charge in [0.25, 0.3) is 5.91 Å². The summed E-state index contributed by atoms with van der Waals surface area (Å²) in [5.74, 6) is -0.815. The summed E-state index contributed by atoms with van der Waals surface area (Å²) >= 11 is 7.09. The van der Waals surface area contributed by atoms with E-state index in [2.05, 4.69) is 20.8 Å². The fraction of sp³-hybridized carbons (Fsp3) is 0.200. The first kappa shape index (κ1) is 20.9. The zero-order valence-corrected chi connectivity index (χ0v) is 16.9. The van der Waals surface area contributed by atoms with Gasteiger partial charge in [-0.05, 0) is 42.3 Å². The van der Waals surface area contributed by atoms with Crippen molar-refractivity contribution in [2.45, 2.75) is 25.8 Å². The van der Waals surface area contributed by atoms with Gasteiger partial charge in [0, 0.05) is 30.1 Å². The summed E-state index contributed by atoms with van der Waals surface area (Å²) < 4.78 is 13.1. The van der Waals surface area contributed by atoms with E-state index in [0.717, 1.165) is 0 Å². The van der Waals surface area contributed by atoms with Crippen LogP contribution in [0, 0.1) is 5.82 Å². The molecule has 1 aromatic heterocycles. The quantitative estimate of drug-likeness (QED) is 0.558. The van der Waals surface area contributed by atoms with Gasteiger partial charge in [0.05, 0.1) is 0 Å². The summed E-state index contributed by atoms with van der Waals surface area (Å²) in [6.07, 6.45) is 1.41. The molecule has 0 atom stereocenters. The molecule has 0 saturated carbocycles. The molecular formula is C20H18ClFN4O2S. The number of hydrogen-bond donors (Lipinski definition) is 2. The van der Waals surface area contributed by atoms with Crippen molar-refractivity contribution in [2.24, 2.45) is 0 Å². The van der Waals surface area contributed by atoms with E-state index >= 15 is 0 Å². The Morgan fingerprint density at radius 2 is 1.93 bits per heavy atom. The normalized spacial score (nSPS) is 10.6. The summed E-state index contributed by atoms with van der Waals surface area (Å²) in [5.41, 5.74) is 1.28. The van der Waals surface area contributed by atoms with Gasteiger partial charge in [0.2, 0.25) is 10.9 Å². The van der Waals surface area contributed by atoms with Crippen LogP contribution in [0.15, 0.2) is 48.5 Å². The Morgan fingerprint density at radius 1 is 1.10 bits per heavy atom. The highest BCUT2D eigenvalue weighted by molar-refractivity contribution is 7.13. The van der Waals surface area contributed by atoms with Gasteiger partial charge in [-0.15, -0.1) is 10.2 Å². The van der Waals surface area contributed by atoms with Crippen LogP contribution >= 0.6 is 22.9 Å². The van der Waals surface area contributed by atoms with Crippen molar-refractivity contribution >= 4 is 40.4 Å². The Hall–Kier alpha value is -2.84. The molecule has 2 amide bonds. The Bertz CT molecular complexity index is 1010. The SMILES string of the molecule is O=C(CCCc1nnc(C(=O)Nc2cccc(Cl)c2)s1)NCc1cccc(F)c1. The lowest BCUT2D eigenvalue weighted by molar-refractivity contribution is -0.121. The van der Waals surface area contributed by atoms with Crippen molar-refractivity contribution in [1.29, 1.82) is 0 Å². The van der Waals surface area contributed by atoms with Gasteiger partial charge in [0.15, 0.2) is 0 Å². The first-order valence-electron chi connectivity index (χ1n) is 8.90. The van der Waals surface area contributed by atoms with Crippen LogP contribution in [-0.2, 0) is 17.8 Å². The van der Waals surface area contributed by atoms with Crippen LogP contribution in [0.5, 0.6) is 0 Å². The molecule has 0 saturated heterocycles. The molecule has 3 aromatic rings. The van der Waals surface area contributed by atoms with E-state index < -0.39 is 0 Å². The molecule has 0 radical (unpaired) electrons. The summed E-state index contributed by atoms with van der Waals surface area (Å²) in [6, 6.07) is 12.9. The molecule has 0 aliphatic rings. The first-order chi connectivity index (χ1) is 14.0. The highest BCUT2D eigenvalue weighted by atomic mass is 35.5. The highest BCUT2D eigenvalue weighted by Crippen LogP contribution is 2.18. The predicted octanol–water partition coefficient (Wildman–Crippen LogP) is 4.22. The van der Waals surface area contributed by atoms with E-state index in [-0.39, 0.29) is 29.2 Å². The van der Waals surface area contributed by atoms with Crippen LogP contribution in [-0.4, -0.2) is 22.0 Å². The second kappa shape index (κ2) is 10.1. The molecule has 2 N–H and O–H groups in total. The molecular weight excluding hydrogens is 415 g/mol. The number of carbonyl (C=O) groups is 2. The van der Waals surface area contributed by atoms with Crippen LogP contribution in [0.4, 0.5) is 10.1 Å². The molecule has 9 heteroatoms. The van der Waals surface area contributed by atoms with E-state index in [0.29, 0.717) is 40.5 Å². The summed E-state index contributed by atoms with van der Waals surface area (Å²) in [4.78, 5) is 24.2. The second-order valence-corrected chi connectivity index (χ2v) is 7.72. The Labute approximate surface area is 176 Å². The number of nitrogens with zero attached hydrogens (tertiary/aromatic N) is 2. The number of aryl methyl sites for hydroxylation is 1. The number of amides is 2. The molecule has 6 nitrogen and oxygen atoms in total. The maximum atomic E-state index is 13.1. The Morgan fingerprint density at radius 3 is 2.72 bits per heavy atom. The van der Waals surface area contributed by atoms with Crippen LogP contribution in [0.3, 0.4) is 0 Å². The monoisotopic (exact) mass is 432 g/mol. The van der Waals surface area contributed by atoms with Crippen LogP contribution in [0.1, 0.15) is 33.2 Å². The van der Waals surface area contributed by atoms with Crippen LogP contribution in [0.2, 0.25) is 5.02 Å². The molecule has 150 valence electrons. The highest BCUT2D eigenvalue weighted by Gasteiger charge is 2.13. The Balaban J connectivity index is 1.41. The minimum absolute atomic E-state index is 0.127. The average molecular weight is 433 g/mol. The first-order valence-corrected chi connectivity index (χ1v) is 10.1. The van der Waals surface area contributed by atoms with Crippen molar-refractivity contribution in [3.63, 3.8) is 0 Å². The van der Waals surface area contributed by atoms with Gasteiger partial charge in [0.1, 0.15) is 10.8 Å². The maximum absolute atomic E-state index is 13.1. The van der Waals surface area contributed by atoms with Gasteiger partial charge in [-0.25, -0.2) is 4.39 Å². The second-order valence-electron chi connectivity index (χ2n) is 6.23. The topological polar surface area (TPSA) is 84.0 Å². The van der Waals surface area contributed by atoms with Crippen molar-refractivity contribution in [3.8, 4) is 0 Å². The molecule has 1 heterocycles. The number of halogens is 2. The van der Waals surface area contributed by atoms with Gasteiger partial charge in [-0.3, -0.25) is 9.59 Å². The number of hydrogen-bond acceptors (Lipinski definition) is 5. The van der Waals surface area contributed by atoms with Gasteiger partial charge in [-0.1, -0.05) is 41.1 Å². The van der Waals surface area contributed by atoms with Crippen LogP contribution < -0.4 is 10.6 Å². The van der Waals surface area contributed by atoms with E-state index in [1.807, 2.05) is 0 Å². The lowest BCUT2D eigenvalue weighted by atomic mass is 10.2. The smallest absolute Gasteiger partial charge is 0.286 e. The number of rotatable bonds is 8. The largest absolute Gasteiger partial charge is 0.352 e. The third kappa shape index (κ3) is 6.62. The van der Waals surface area contributed by atoms with Gasteiger partial charge < -0.3 is 10.6 Å². The number of benzene rings is 2. The number of carbonyl (C=O) groups excluding carboxylic acids is 2. The lowest BCUT2D eigenvalue weighted by Gasteiger charge is -2.05. The molecule has 2 aromatic carbocycles. The van der Waals surface area contributed by atoms with Crippen molar-refractivity contribution in [2.75, 3.05) is 5.32 Å². The minimum atomic E-state index is -0.358. The molecule has 0 spiro atoms. The average Bonchev–Trinajstić information content (AvgIpc) is 3.16. The third-order valence-electron chi connectivity index (χ3n) is 3.92. The maximum Gasteiger partial charge on any atom is 0.286 e. The van der Waals surface area contributed by atoms with E-state index in [9.17, 15) is 14.0 Å². The zero-order chi connectivity index (χ0) is 20.6. The molecule has 0 unspecified atom stereocenters. The van der Waals surface area contributed by atoms with E-state index in [4.69, 9.17) is 11.6 Å². The number of anilines is 1. The molecule has 0 aliphatic carbocycles. The molecule has 0 aliphatic heterocycles. The van der Waals surface area contributed by atoms with Crippen molar-refractivity contribution < 1.29 is 14.0 Å². The number of nitrogens with one attached hydrogen (secondary N) is 2. The van der Waals surface area contributed by atoms with E-state index in [1.54, 1.807) is 36.4 Å². The number of aromatic nitrogens is 2. The summed E-state index contributed by atoms with van der Waals surface area (Å²) in [6.45, 7) is 0.281. The minimum Gasteiger partial charge on any atom is -0.352 e. The zero-order valence-electron chi connectivity index (χ0n) is 15.3. The van der Waals surface area contributed by atoms with Gasteiger partial charge in [-0.2, -0.15) is 0 Å². The third-order valence-corrected chi connectivity index (χ3v) is 5.13. The van der Waals surface area contributed by atoms with Gasteiger partial charge >= 0.3 is 0 Å². The fourth-order valence-electron chi connectivity index (χ4n) is 2.53. The molecule has 29 heavy (non-hydrogen) atoms. The molecule has 3 rings (SSSR count). The molecule has 0 fully saturated rings.